The van der Waals surface area contributed by atoms with E-state index in [1.807, 2.05) is 19.1 Å². The second kappa shape index (κ2) is 6.60. The van der Waals surface area contributed by atoms with Crippen molar-refractivity contribution in [2.45, 2.75) is 26.8 Å². The fourth-order valence-corrected chi connectivity index (χ4v) is 2.46. The van der Waals surface area contributed by atoms with Crippen molar-refractivity contribution in [3.05, 3.63) is 42.2 Å². The number of aromatic amines is 1. The number of amides is 1. The van der Waals surface area contributed by atoms with Crippen LogP contribution in [0.2, 0.25) is 0 Å². The van der Waals surface area contributed by atoms with Gasteiger partial charge in [-0.25, -0.2) is 9.97 Å². The van der Waals surface area contributed by atoms with Gasteiger partial charge < -0.3 is 10.3 Å². The van der Waals surface area contributed by atoms with Crippen molar-refractivity contribution in [1.82, 2.24) is 30.0 Å². The summed E-state index contributed by atoms with van der Waals surface area (Å²) in [7, 11) is 0. The summed E-state index contributed by atoms with van der Waals surface area (Å²) < 4.78 is 1.66. The van der Waals surface area contributed by atoms with Gasteiger partial charge in [0.05, 0.1) is 23.5 Å². The first-order chi connectivity index (χ1) is 11.1. The van der Waals surface area contributed by atoms with Crippen LogP contribution < -0.4 is 5.32 Å². The quantitative estimate of drug-likeness (QED) is 0.721. The molecule has 0 saturated heterocycles. The lowest BCUT2D eigenvalue weighted by Crippen LogP contribution is -2.33. The van der Waals surface area contributed by atoms with Gasteiger partial charge in [-0.15, -0.1) is 0 Å². The summed E-state index contributed by atoms with van der Waals surface area (Å²) in [5.74, 6) is 0.734. The van der Waals surface area contributed by atoms with Crippen molar-refractivity contribution >= 4 is 16.9 Å². The van der Waals surface area contributed by atoms with E-state index in [2.05, 4.69) is 38.4 Å². The number of aromatic nitrogens is 5. The molecule has 1 atom stereocenters. The van der Waals surface area contributed by atoms with Gasteiger partial charge in [0.1, 0.15) is 18.5 Å². The molecule has 1 unspecified atom stereocenters. The fourth-order valence-electron chi connectivity index (χ4n) is 2.46. The second-order valence-electron chi connectivity index (χ2n) is 5.76. The summed E-state index contributed by atoms with van der Waals surface area (Å²) in [6.07, 6.45) is 3.75. The van der Waals surface area contributed by atoms with Crippen LogP contribution in [0.15, 0.2) is 30.9 Å². The van der Waals surface area contributed by atoms with Crippen LogP contribution >= 0.6 is 0 Å². The maximum Gasteiger partial charge on any atom is 0.224 e. The third-order valence-corrected chi connectivity index (χ3v) is 3.72. The number of imidazole rings is 1. The standard InChI is InChI=1S/C16H20N6O/c1-11-3-4-13-14(7-11)21-15(20-13)5-6-18-16(23)12(2)8-22-10-17-9-19-22/h3-4,7,9-10,12H,5-6,8H2,1-2H3,(H,18,23)(H,20,21). The topological polar surface area (TPSA) is 88.5 Å². The number of benzene rings is 1. The van der Waals surface area contributed by atoms with Crippen LogP contribution in [-0.2, 0) is 17.8 Å². The van der Waals surface area contributed by atoms with Crippen molar-refractivity contribution in [2.75, 3.05) is 6.54 Å². The number of rotatable bonds is 6. The minimum absolute atomic E-state index is 0.00690. The Hall–Kier alpha value is -2.70. The predicted molar refractivity (Wildman–Crippen MR) is 86.7 cm³/mol. The van der Waals surface area contributed by atoms with Gasteiger partial charge in [0.2, 0.25) is 5.91 Å². The van der Waals surface area contributed by atoms with E-state index in [-0.39, 0.29) is 11.8 Å². The first kappa shape index (κ1) is 15.2. The number of nitrogens with zero attached hydrogens (tertiary/aromatic N) is 4. The molecule has 0 aliphatic heterocycles. The Morgan fingerprint density at radius 1 is 1.43 bits per heavy atom. The van der Waals surface area contributed by atoms with Crippen molar-refractivity contribution in [2.24, 2.45) is 5.92 Å². The zero-order valence-corrected chi connectivity index (χ0v) is 13.3. The molecule has 3 aromatic rings. The number of carbonyl (C=O) groups excluding carboxylic acids is 1. The normalized spacial score (nSPS) is 12.4. The molecule has 0 aliphatic rings. The number of fused-ring (bicyclic) bond motifs is 1. The van der Waals surface area contributed by atoms with Gasteiger partial charge in [0, 0.05) is 13.0 Å². The molecule has 0 saturated carbocycles. The van der Waals surface area contributed by atoms with Crippen LogP contribution in [-0.4, -0.2) is 37.2 Å². The Labute approximate surface area is 134 Å². The summed E-state index contributed by atoms with van der Waals surface area (Å²) in [5, 5.41) is 6.95. The van der Waals surface area contributed by atoms with Crippen molar-refractivity contribution < 1.29 is 4.79 Å². The minimum atomic E-state index is -0.157. The molecule has 23 heavy (non-hydrogen) atoms. The van der Waals surface area contributed by atoms with E-state index in [9.17, 15) is 4.79 Å². The highest BCUT2D eigenvalue weighted by atomic mass is 16.1. The zero-order valence-electron chi connectivity index (χ0n) is 13.3. The molecular formula is C16H20N6O. The number of hydrogen-bond donors (Lipinski definition) is 2. The highest BCUT2D eigenvalue weighted by Gasteiger charge is 2.13. The molecular weight excluding hydrogens is 292 g/mol. The summed E-state index contributed by atoms with van der Waals surface area (Å²) in [5.41, 5.74) is 3.19. The van der Waals surface area contributed by atoms with Gasteiger partial charge in [-0.05, 0) is 24.6 Å². The SMILES string of the molecule is Cc1ccc2nc(CCNC(=O)C(C)Cn3cncn3)[nH]c2c1. The van der Waals surface area contributed by atoms with Crippen LogP contribution in [0.1, 0.15) is 18.3 Å². The molecule has 1 aromatic carbocycles. The lowest BCUT2D eigenvalue weighted by Gasteiger charge is -2.11. The maximum atomic E-state index is 12.1. The van der Waals surface area contributed by atoms with E-state index in [1.54, 1.807) is 11.0 Å². The average molecular weight is 312 g/mol. The molecule has 1 amide bonds. The average Bonchev–Trinajstić information content (AvgIpc) is 3.15. The molecule has 2 N–H and O–H groups in total. The highest BCUT2D eigenvalue weighted by Crippen LogP contribution is 2.13. The van der Waals surface area contributed by atoms with E-state index in [0.717, 1.165) is 16.9 Å². The molecule has 0 aliphatic carbocycles. The van der Waals surface area contributed by atoms with E-state index in [4.69, 9.17) is 0 Å². The molecule has 0 radical (unpaired) electrons. The monoisotopic (exact) mass is 312 g/mol. The van der Waals surface area contributed by atoms with Crippen LogP contribution in [0.3, 0.4) is 0 Å². The summed E-state index contributed by atoms with van der Waals surface area (Å²) >= 11 is 0. The van der Waals surface area contributed by atoms with E-state index in [0.29, 0.717) is 19.5 Å². The lowest BCUT2D eigenvalue weighted by atomic mass is 10.1. The Morgan fingerprint density at radius 3 is 3.09 bits per heavy atom. The predicted octanol–water partition coefficient (Wildman–Crippen LogP) is 1.46. The lowest BCUT2D eigenvalue weighted by molar-refractivity contribution is -0.124. The van der Waals surface area contributed by atoms with Crippen LogP contribution in [0, 0.1) is 12.8 Å². The first-order valence-corrected chi connectivity index (χ1v) is 7.67. The Bertz CT molecular complexity index is 792. The van der Waals surface area contributed by atoms with Gasteiger partial charge in [-0.2, -0.15) is 5.10 Å². The molecule has 0 spiro atoms. The highest BCUT2D eigenvalue weighted by molar-refractivity contribution is 5.78. The Morgan fingerprint density at radius 2 is 2.30 bits per heavy atom. The molecule has 7 nitrogen and oxygen atoms in total. The van der Waals surface area contributed by atoms with Gasteiger partial charge in [-0.3, -0.25) is 9.48 Å². The molecule has 2 aromatic heterocycles. The maximum absolute atomic E-state index is 12.1. The van der Waals surface area contributed by atoms with E-state index < -0.39 is 0 Å². The largest absolute Gasteiger partial charge is 0.355 e. The second-order valence-corrected chi connectivity index (χ2v) is 5.76. The van der Waals surface area contributed by atoms with Gasteiger partial charge in [0.15, 0.2) is 0 Å². The van der Waals surface area contributed by atoms with Crippen LogP contribution in [0.5, 0.6) is 0 Å². The third-order valence-electron chi connectivity index (χ3n) is 3.72. The van der Waals surface area contributed by atoms with Gasteiger partial charge >= 0.3 is 0 Å². The smallest absolute Gasteiger partial charge is 0.224 e. The molecule has 0 fully saturated rings. The molecule has 0 bridgehead atoms. The number of hydrogen-bond acceptors (Lipinski definition) is 4. The summed E-state index contributed by atoms with van der Waals surface area (Å²) in [6, 6.07) is 6.12. The number of nitrogens with one attached hydrogen (secondary N) is 2. The first-order valence-electron chi connectivity index (χ1n) is 7.67. The van der Waals surface area contributed by atoms with Crippen LogP contribution in [0.4, 0.5) is 0 Å². The summed E-state index contributed by atoms with van der Waals surface area (Å²) in [6.45, 7) is 5.01. The van der Waals surface area contributed by atoms with Gasteiger partial charge in [0.25, 0.3) is 0 Å². The molecule has 2 heterocycles. The third kappa shape index (κ3) is 3.74. The summed E-state index contributed by atoms with van der Waals surface area (Å²) in [4.78, 5) is 23.8. The minimum Gasteiger partial charge on any atom is -0.355 e. The zero-order chi connectivity index (χ0) is 16.2. The number of H-pyrrole nitrogens is 1. The van der Waals surface area contributed by atoms with Crippen LogP contribution in [0.25, 0.3) is 11.0 Å². The number of aryl methyl sites for hydroxylation is 1. The Balaban J connectivity index is 1.50. The van der Waals surface area contributed by atoms with Crippen molar-refractivity contribution in [1.29, 1.82) is 0 Å². The van der Waals surface area contributed by atoms with E-state index in [1.165, 1.54) is 11.9 Å². The molecule has 120 valence electrons. The van der Waals surface area contributed by atoms with Gasteiger partial charge in [-0.1, -0.05) is 13.0 Å². The van der Waals surface area contributed by atoms with Crippen molar-refractivity contribution in [3.63, 3.8) is 0 Å². The number of carbonyl (C=O) groups is 1. The fraction of sp³-hybridized carbons (Fsp3) is 0.375. The van der Waals surface area contributed by atoms with Crippen molar-refractivity contribution in [3.8, 4) is 0 Å². The van der Waals surface area contributed by atoms with E-state index >= 15 is 0 Å². The molecule has 7 heteroatoms. The Kier molecular flexibility index (Phi) is 4.36. The molecule has 3 rings (SSSR count).